The van der Waals surface area contributed by atoms with Crippen molar-refractivity contribution < 1.29 is 9.53 Å². The molecule has 4 heteroatoms. The molecule has 3 unspecified atom stereocenters. The number of hydrogen-bond donors (Lipinski definition) is 1. The van der Waals surface area contributed by atoms with Gasteiger partial charge in [-0.25, -0.2) is 0 Å². The van der Waals surface area contributed by atoms with Crippen LogP contribution >= 0.6 is 0 Å². The first-order valence-corrected chi connectivity index (χ1v) is 8.62. The van der Waals surface area contributed by atoms with Crippen LogP contribution in [-0.4, -0.2) is 48.2 Å². The van der Waals surface area contributed by atoms with E-state index >= 15 is 0 Å². The molecule has 0 aliphatic carbocycles. The number of carbonyl (C=O) groups excluding carboxylic acids is 1. The monoisotopic (exact) mass is 298 g/mol. The normalized spacial score (nSPS) is 24.3. The van der Waals surface area contributed by atoms with E-state index in [1.807, 2.05) is 13.8 Å². The molecule has 0 spiro atoms. The van der Waals surface area contributed by atoms with E-state index < -0.39 is 5.54 Å². The molecule has 1 aliphatic heterocycles. The maximum Gasteiger partial charge on any atom is 0.326 e. The summed E-state index contributed by atoms with van der Waals surface area (Å²) in [6, 6.07) is 1.01. The molecule has 0 aromatic rings. The van der Waals surface area contributed by atoms with E-state index in [-0.39, 0.29) is 5.97 Å². The van der Waals surface area contributed by atoms with Gasteiger partial charge in [-0.15, -0.1) is 0 Å². The third-order valence-corrected chi connectivity index (χ3v) is 4.62. The van der Waals surface area contributed by atoms with Gasteiger partial charge in [0.15, 0.2) is 0 Å². The lowest BCUT2D eigenvalue weighted by atomic mass is 9.90. The molecule has 4 nitrogen and oxygen atoms in total. The number of nitrogens with one attached hydrogen (secondary N) is 1. The molecule has 1 rings (SSSR count). The van der Waals surface area contributed by atoms with Gasteiger partial charge in [0, 0.05) is 12.1 Å². The van der Waals surface area contributed by atoms with Gasteiger partial charge in [-0.1, -0.05) is 13.3 Å². The quantitative estimate of drug-likeness (QED) is 0.700. The molecule has 0 aromatic carbocycles. The predicted octanol–water partition coefficient (Wildman–Crippen LogP) is 2.96. The van der Waals surface area contributed by atoms with Crippen molar-refractivity contribution >= 4 is 5.97 Å². The summed E-state index contributed by atoms with van der Waals surface area (Å²) in [5.74, 6) is -0.116. The lowest BCUT2D eigenvalue weighted by Crippen LogP contribution is -2.56. The number of rotatable bonds is 8. The summed E-state index contributed by atoms with van der Waals surface area (Å²) in [6.07, 6.45) is 5.68. The fourth-order valence-electron chi connectivity index (χ4n) is 3.40. The zero-order valence-electron chi connectivity index (χ0n) is 14.6. The number of nitrogens with zero attached hydrogens (tertiary/aromatic N) is 1. The van der Waals surface area contributed by atoms with Gasteiger partial charge in [0.2, 0.25) is 0 Å². The third-order valence-electron chi connectivity index (χ3n) is 4.62. The van der Waals surface area contributed by atoms with Gasteiger partial charge in [0.25, 0.3) is 0 Å². The van der Waals surface area contributed by atoms with Crippen LogP contribution in [0.2, 0.25) is 0 Å². The summed E-state index contributed by atoms with van der Waals surface area (Å²) in [5.41, 5.74) is -0.581. The summed E-state index contributed by atoms with van der Waals surface area (Å²) in [6.45, 7) is 13.0. The van der Waals surface area contributed by atoms with Crippen LogP contribution in [0.25, 0.3) is 0 Å². The third kappa shape index (κ3) is 5.26. The van der Waals surface area contributed by atoms with E-state index in [0.717, 1.165) is 25.9 Å². The molecule has 124 valence electrons. The van der Waals surface area contributed by atoms with Crippen LogP contribution in [0.5, 0.6) is 0 Å². The zero-order chi connectivity index (χ0) is 15.9. The highest BCUT2D eigenvalue weighted by Crippen LogP contribution is 2.24. The Bertz CT molecular complexity index is 322. The fourth-order valence-corrected chi connectivity index (χ4v) is 3.40. The number of carbonyl (C=O) groups is 1. The molecule has 1 heterocycles. The first-order chi connectivity index (χ1) is 9.94. The minimum atomic E-state index is -0.581. The van der Waals surface area contributed by atoms with Crippen molar-refractivity contribution in [1.29, 1.82) is 0 Å². The predicted molar refractivity (Wildman–Crippen MR) is 87.4 cm³/mol. The molecule has 0 radical (unpaired) electrons. The Morgan fingerprint density at radius 3 is 2.71 bits per heavy atom. The first-order valence-electron chi connectivity index (χ1n) is 8.62. The number of hydrogen-bond acceptors (Lipinski definition) is 4. The highest BCUT2D eigenvalue weighted by atomic mass is 16.5. The number of piperidine rings is 1. The van der Waals surface area contributed by atoms with E-state index in [2.05, 4.69) is 31.0 Å². The zero-order valence-corrected chi connectivity index (χ0v) is 14.6. The first kappa shape index (κ1) is 18.4. The van der Waals surface area contributed by atoms with Crippen LogP contribution < -0.4 is 5.32 Å². The lowest BCUT2D eigenvalue weighted by Gasteiger charge is -2.41. The number of likely N-dealkylation sites (tertiary alicyclic amines) is 1. The maximum absolute atomic E-state index is 12.4. The van der Waals surface area contributed by atoms with Crippen molar-refractivity contribution in [2.75, 3.05) is 19.7 Å². The van der Waals surface area contributed by atoms with Crippen molar-refractivity contribution in [2.24, 2.45) is 0 Å². The van der Waals surface area contributed by atoms with E-state index in [1.165, 1.54) is 19.3 Å². The SMILES string of the molecule is CCCNC(C)(CC(C)N1CCCCC1C)C(=O)OCC. The molecule has 0 bridgehead atoms. The summed E-state index contributed by atoms with van der Waals surface area (Å²) in [5, 5.41) is 3.41. The van der Waals surface area contributed by atoms with E-state index in [1.54, 1.807) is 0 Å². The molecule has 1 aliphatic rings. The van der Waals surface area contributed by atoms with Crippen molar-refractivity contribution in [3.05, 3.63) is 0 Å². The smallest absolute Gasteiger partial charge is 0.326 e. The second-order valence-electron chi connectivity index (χ2n) is 6.62. The Labute approximate surface area is 130 Å². The molecule has 1 saturated heterocycles. The topological polar surface area (TPSA) is 41.6 Å². The minimum absolute atomic E-state index is 0.116. The van der Waals surface area contributed by atoms with Gasteiger partial charge in [0.05, 0.1) is 6.61 Å². The molecule has 1 fully saturated rings. The van der Waals surface area contributed by atoms with Gasteiger partial charge in [-0.2, -0.15) is 0 Å². The summed E-state index contributed by atoms with van der Waals surface area (Å²) in [4.78, 5) is 14.9. The second-order valence-corrected chi connectivity index (χ2v) is 6.62. The van der Waals surface area contributed by atoms with Crippen LogP contribution in [-0.2, 0) is 9.53 Å². The highest BCUT2D eigenvalue weighted by Gasteiger charge is 2.37. The minimum Gasteiger partial charge on any atom is -0.465 e. The average Bonchev–Trinajstić information content (AvgIpc) is 2.45. The molecular weight excluding hydrogens is 264 g/mol. The summed E-state index contributed by atoms with van der Waals surface area (Å²) >= 11 is 0. The molecular formula is C17H34N2O2. The van der Waals surface area contributed by atoms with Gasteiger partial charge in [-0.3, -0.25) is 9.69 Å². The standard InChI is InChI=1S/C17H34N2O2/c1-6-11-18-17(5,16(20)21-7-2)13-15(4)19-12-9-8-10-14(19)3/h14-15,18H,6-13H2,1-5H3. The molecule has 0 amide bonds. The molecule has 21 heavy (non-hydrogen) atoms. The number of esters is 1. The maximum atomic E-state index is 12.4. The van der Waals surface area contributed by atoms with Crippen molar-refractivity contribution in [3.63, 3.8) is 0 Å². The van der Waals surface area contributed by atoms with Gasteiger partial charge in [-0.05, 0) is 66.5 Å². The number of ether oxygens (including phenoxy) is 1. The van der Waals surface area contributed by atoms with Gasteiger partial charge >= 0.3 is 5.97 Å². The Morgan fingerprint density at radius 1 is 1.43 bits per heavy atom. The van der Waals surface area contributed by atoms with Crippen molar-refractivity contribution in [2.45, 2.75) is 84.3 Å². The summed E-state index contributed by atoms with van der Waals surface area (Å²) in [7, 11) is 0. The van der Waals surface area contributed by atoms with Crippen LogP contribution in [0.15, 0.2) is 0 Å². The van der Waals surface area contributed by atoms with Crippen LogP contribution in [0.3, 0.4) is 0 Å². The van der Waals surface area contributed by atoms with Crippen molar-refractivity contribution in [1.82, 2.24) is 10.2 Å². The molecule has 0 saturated carbocycles. The molecule has 1 N–H and O–H groups in total. The lowest BCUT2D eigenvalue weighted by molar-refractivity contribution is -0.151. The van der Waals surface area contributed by atoms with Crippen LogP contribution in [0.1, 0.15) is 66.7 Å². The van der Waals surface area contributed by atoms with Gasteiger partial charge in [0.1, 0.15) is 5.54 Å². The Kier molecular flexibility index (Phi) is 7.67. The van der Waals surface area contributed by atoms with E-state index in [0.29, 0.717) is 18.7 Å². The Hall–Kier alpha value is -0.610. The Morgan fingerprint density at radius 2 is 2.14 bits per heavy atom. The Balaban J connectivity index is 2.71. The average molecular weight is 298 g/mol. The summed E-state index contributed by atoms with van der Waals surface area (Å²) < 4.78 is 5.30. The fraction of sp³-hybridized carbons (Fsp3) is 0.941. The van der Waals surface area contributed by atoms with Crippen LogP contribution in [0, 0.1) is 0 Å². The molecule has 3 atom stereocenters. The van der Waals surface area contributed by atoms with Gasteiger partial charge < -0.3 is 10.1 Å². The second kappa shape index (κ2) is 8.74. The highest BCUT2D eigenvalue weighted by molar-refractivity contribution is 5.80. The van der Waals surface area contributed by atoms with Crippen LogP contribution in [0.4, 0.5) is 0 Å². The largest absolute Gasteiger partial charge is 0.465 e. The molecule has 0 aromatic heterocycles. The van der Waals surface area contributed by atoms with Crippen molar-refractivity contribution in [3.8, 4) is 0 Å². The van der Waals surface area contributed by atoms with E-state index in [4.69, 9.17) is 4.74 Å². The van der Waals surface area contributed by atoms with E-state index in [9.17, 15) is 4.79 Å².